The van der Waals surface area contributed by atoms with Gasteiger partial charge in [-0.3, -0.25) is 0 Å². The second-order valence-corrected chi connectivity index (χ2v) is 3.00. The molecule has 0 radical (unpaired) electrons. The molecule has 0 aliphatic rings. The van der Waals surface area contributed by atoms with E-state index in [-0.39, 0.29) is 5.82 Å². The highest BCUT2D eigenvalue weighted by Crippen LogP contribution is 2.16. The molecule has 10 heavy (non-hydrogen) atoms. The normalized spacial score (nSPS) is 9.40. The lowest BCUT2D eigenvalue weighted by Crippen LogP contribution is -1.84. The van der Waals surface area contributed by atoms with Crippen molar-refractivity contribution in [3.8, 4) is 0 Å². The predicted molar refractivity (Wildman–Crippen MR) is 49.2 cm³/mol. The van der Waals surface area contributed by atoms with Crippen LogP contribution in [0, 0.1) is 9.39 Å². The van der Waals surface area contributed by atoms with Gasteiger partial charge in [-0.25, -0.2) is 4.39 Å². The van der Waals surface area contributed by atoms with Gasteiger partial charge < -0.3 is 0 Å². The first-order valence-corrected chi connectivity index (χ1v) is 3.90. The van der Waals surface area contributed by atoms with E-state index in [1.54, 1.807) is 6.07 Å². The van der Waals surface area contributed by atoms with Crippen molar-refractivity contribution in [2.75, 3.05) is 0 Å². The van der Waals surface area contributed by atoms with E-state index >= 15 is 0 Å². The van der Waals surface area contributed by atoms with Crippen LogP contribution in [0.4, 0.5) is 4.39 Å². The second-order valence-electron chi connectivity index (χ2n) is 1.84. The van der Waals surface area contributed by atoms with E-state index < -0.39 is 0 Å². The van der Waals surface area contributed by atoms with Gasteiger partial charge in [0, 0.05) is 9.13 Å². The maximum Gasteiger partial charge on any atom is 0.131 e. The molecule has 0 aliphatic carbocycles. The summed E-state index contributed by atoms with van der Waals surface area (Å²) in [7, 11) is 0. The van der Waals surface area contributed by atoms with E-state index in [1.807, 2.05) is 6.07 Å². The van der Waals surface area contributed by atoms with Crippen molar-refractivity contribution in [2.45, 2.75) is 0 Å². The highest BCUT2D eigenvalue weighted by molar-refractivity contribution is 14.1. The van der Waals surface area contributed by atoms with Gasteiger partial charge in [-0.2, -0.15) is 0 Å². The number of benzene rings is 1. The van der Waals surface area contributed by atoms with Gasteiger partial charge >= 0.3 is 0 Å². The highest BCUT2D eigenvalue weighted by Gasteiger charge is 1.99. The Morgan fingerprint density at radius 3 is 2.60 bits per heavy atom. The lowest BCUT2D eigenvalue weighted by atomic mass is 10.2. The average Bonchev–Trinajstić information content (AvgIpc) is 1.88. The number of halogens is 2. The lowest BCUT2D eigenvalue weighted by molar-refractivity contribution is 0.624. The van der Waals surface area contributed by atoms with Crippen LogP contribution in [0.25, 0.3) is 6.08 Å². The first-order valence-electron chi connectivity index (χ1n) is 2.82. The molecule has 0 nitrogen and oxygen atoms in total. The summed E-state index contributed by atoms with van der Waals surface area (Å²) >= 11 is 2.07. The van der Waals surface area contributed by atoms with Gasteiger partial charge in [-0.15, -0.1) is 0 Å². The molecular formula is C8H6FI. The highest BCUT2D eigenvalue weighted by atomic mass is 127. The quantitative estimate of drug-likeness (QED) is 0.670. The molecule has 0 amide bonds. The zero-order valence-corrected chi connectivity index (χ0v) is 7.43. The molecule has 0 fully saturated rings. The summed E-state index contributed by atoms with van der Waals surface area (Å²) in [5, 5.41) is 0. The summed E-state index contributed by atoms with van der Waals surface area (Å²) in [4.78, 5) is 0. The molecule has 0 heterocycles. The van der Waals surface area contributed by atoms with Crippen LogP contribution < -0.4 is 0 Å². The van der Waals surface area contributed by atoms with Crippen LogP contribution in [0.5, 0.6) is 0 Å². The van der Waals surface area contributed by atoms with Gasteiger partial charge in [0.2, 0.25) is 0 Å². The lowest BCUT2D eigenvalue weighted by Gasteiger charge is -1.97. The van der Waals surface area contributed by atoms with Gasteiger partial charge in [-0.1, -0.05) is 18.7 Å². The standard InChI is InChI=1S/C8H6FI/c1-2-6-7(9)4-3-5-8(6)10/h2-5H,1H2. The average molecular weight is 248 g/mol. The van der Waals surface area contributed by atoms with Crippen molar-refractivity contribution < 1.29 is 4.39 Å². The van der Waals surface area contributed by atoms with Gasteiger partial charge in [0.15, 0.2) is 0 Å². The monoisotopic (exact) mass is 248 g/mol. The summed E-state index contributed by atoms with van der Waals surface area (Å²) in [6.07, 6.45) is 1.52. The Kier molecular flexibility index (Phi) is 2.43. The summed E-state index contributed by atoms with van der Waals surface area (Å²) in [5.74, 6) is -0.207. The van der Waals surface area contributed by atoms with Crippen molar-refractivity contribution >= 4 is 28.7 Å². The molecule has 0 unspecified atom stereocenters. The van der Waals surface area contributed by atoms with Crippen LogP contribution in [0.2, 0.25) is 0 Å². The molecule has 0 aliphatic heterocycles. The Morgan fingerprint density at radius 1 is 1.50 bits per heavy atom. The molecule has 0 bridgehead atoms. The van der Waals surface area contributed by atoms with E-state index in [0.717, 1.165) is 3.57 Å². The van der Waals surface area contributed by atoms with Gasteiger partial charge in [0.05, 0.1) is 0 Å². The molecule has 0 spiro atoms. The Balaban J connectivity index is 3.30. The molecule has 0 atom stereocenters. The molecule has 0 saturated carbocycles. The zero-order chi connectivity index (χ0) is 7.56. The van der Waals surface area contributed by atoms with E-state index in [1.165, 1.54) is 12.1 Å². The second kappa shape index (κ2) is 3.14. The zero-order valence-electron chi connectivity index (χ0n) is 5.27. The van der Waals surface area contributed by atoms with Gasteiger partial charge in [0.25, 0.3) is 0 Å². The minimum Gasteiger partial charge on any atom is -0.206 e. The number of hydrogen-bond acceptors (Lipinski definition) is 0. The Labute approximate surface area is 72.9 Å². The minimum absolute atomic E-state index is 0.207. The molecule has 2 heteroatoms. The van der Waals surface area contributed by atoms with E-state index in [9.17, 15) is 4.39 Å². The van der Waals surface area contributed by atoms with Crippen molar-refractivity contribution in [1.82, 2.24) is 0 Å². The fourth-order valence-corrected chi connectivity index (χ4v) is 1.39. The van der Waals surface area contributed by atoms with E-state index in [4.69, 9.17) is 0 Å². The van der Waals surface area contributed by atoms with E-state index in [2.05, 4.69) is 29.2 Å². The third kappa shape index (κ3) is 1.37. The third-order valence-electron chi connectivity index (χ3n) is 1.20. The van der Waals surface area contributed by atoms with Crippen molar-refractivity contribution in [3.05, 3.63) is 39.7 Å². The Bertz CT molecular complexity index is 235. The van der Waals surface area contributed by atoms with Crippen LogP contribution in [-0.4, -0.2) is 0 Å². The van der Waals surface area contributed by atoms with Crippen LogP contribution in [0.3, 0.4) is 0 Å². The minimum atomic E-state index is -0.207. The predicted octanol–water partition coefficient (Wildman–Crippen LogP) is 3.07. The van der Waals surface area contributed by atoms with Crippen LogP contribution in [-0.2, 0) is 0 Å². The van der Waals surface area contributed by atoms with E-state index in [0.29, 0.717) is 5.56 Å². The van der Waals surface area contributed by atoms with Crippen LogP contribution in [0.1, 0.15) is 5.56 Å². The summed E-state index contributed by atoms with van der Waals surface area (Å²) in [6.45, 7) is 3.51. The fourth-order valence-electron chi connectivity index (χ4n) is 0.706. The molecule has 0 saturated heterocycles. The van der Waals surface area contributed by atoms with Gasteiger partial charge in [-0.05, 0) is 34.7 Å². The number of hydrogen-bond donors (Lipinski definition) is 0. The Hall–Kier alpha value is -0.380. The SMILES string of the molecule is C=Cc1c(F)cccc1I. The summed E-state index contributed by atoms with van der Waals surface area (Å²) < 4.78 is 13.7. The topological polar surface area (TPSA) is 0 Å². The maximum atomic E-state index is 12.8. The van der Waals surface area contributed by atoms with Crippen LogP contribution >= 0.6 is 22.6 Å². The summed E-state index contributed by atoms with van der Waals surface area (Å²) in [5.41, 5.74) is 0.586. The largest absolute Gasteiger partial charge is 0.206 e. The molecule has 1 aromatic carbocycles. The smallest absolute Gasteiger partial charge is 0.131 e. The van der Waals surface area contributed by atoms with Gasteiger partial charge in [0.1, 0.15) is 5.82 Å². The first kappa shape index (κ1) is 7.72. The molecular weight excluding hydrogens is 242 g/mol. The molecule has 52 valence electrons. The van der Waals surface area contributed by atoms with Crippen molar-refractivity contribution in [3.63, 3.8) is 0 Å². The first-order chi connectivity index (χ1) is 4.75. The third-order valence-corrected chi connectivity index (χ3v) is 2.14. The molecule has 1 aromatic rings. The van der Waals surface area contributed by atoms with Crippen molar-refractivity contribution in [1.29, 1.82) is 0 Å². The number of rotatable bonds is 1. The molecule has 1 rings (SSSR count). The molecule has 0 aromatic heterocycles. The molecule has 0 N–H and O–H groups in total. The van der Waals surface area contributed by atoms with Crippen molar-refractivity contribution in [2.24, 2.45) is 0 Å². The Morgan fingerprint density at radius 2 is 2.20 bits per heavy atom. The summed E-state index contributed by atoms with van der Waals surface area (Å²) in [6, 6.07) is 4.96. The fraction of sp³-hybridized carbons (Fsp3) is 0. The van der Waals surface area contributed by atoms with Crippen LogP contribution in [0.15, 0.2) is 24.8 Å². The maximum absolute atomic E-state index is 12.8.